The molecule has 0 aromatic heterocycles. The summed E-state index contributed by atoms with van der Waals surface area (Å²) in [6, 6.07) is 6.29. The van der Waals surface area contributed by atoms with Gasteiger partial charge in [-0.2, -0.15) is 0 Å². The molecule has 0 aliphatic carbocycles. The van der Waals surface area contributed by atoms with Gasteiger partial charge < -0.3 is 5.32 Å². The van der Waals surface area contributed by atoms with E-state index in [9.17, 15) is 0 Å². The molecule has 2 atom stereocenters. The largest absolute Gasteiger partial charge is 0.316 e. The third-order valence-corrected chi connectivity index (χ3v) is 3.65. The van der Waals surface area contributed by atoms with Crippen molar-refractivity contribution in [3.05, 3.63) is 34.3 Å². The highest BCUT2D eigenvalue weighted by atomic mass is 35.5. The Balaban J connectivity index is 0.00000128. The SMILES string of the molecule is Cc1cc(Cl)ccc1[C@@H]1CCNC[C@@H]1C.Cl. The summed E-state index contributed by atoms with van der Waals surface area (Å²) in [6.45, 7) is 6.75. The van der Waals surface area contributed by atoms with E-state index in [1.165, 1.54) is 17.5 Å². The van der Waals surface area contributed by atoms with Crippen LogP contribution in [0, 0.1) is 12.8 Å². The second-order valence-electron chi connectivity index (χ2n) is 4.58. The summed E-state index contributed by atoms with van der Waals surface area (Å²) in [5.41, 5.74) is 2.81. The van der Waals surface area contributed by atoms with Crippen molar-refractivity contribution in [2.75, 3.05) is 13.1 Å². The quantitative estimate of drug-likeness (QED) is 0.810. The van der Waals surface area contributed by atoms with Gasteiger partial charge in [-0.3, -0.25) is 0 Å². The van der Waals surface area contributed by atoms with Gasteiger partial charge in [-0.05, 0) is 61.5 Å². The van der Waals surface area contributed by atoms with Gasteiger partial charge in [0.2, 0.25) is 0 Å². The van der Waals surface area contributed by atoms with Gasteiger partial charge in [0.15, 0.2) is 0 Å². The van der Waals surface area contributed by atoms with Crippen molar-refractivity contribution in [3.8, 4) is 0 Å². The van der Waals surface area contributed by atoms with Gasteiger partial charge >= 0.3 is 0 Å². The van der Waals surface area contributed by atoms with Gasteiger partial charge in [-0.15, -0.1) is 12.4 Å². The minimum Gasteiger partial charge on any atom is -0.316 e. The lowest BCUT2D eigenvalue weighted by atomic mass is 9.80. The third kappa shape index (κ3) is 2.91. The lowest BCUT2D eigenvalue weighted by Crippen LogP contribution is -2.34. The average molecular weight is 260 g/mol. The van der Waals surface area contributed by atoms with Crippen LogP contribution in [0.15, 0.2) is 18.2 Å². The van der Waals surface area contributed by atoms with Crippen molar-refractivity contribution >= 4 is 24.0 Å². The predicted molar refractivity (Wildman–Crippen MR) is 72.8 cm³/mol. The van der Waals surface area contributed by atoms with Crippen LogP contribution >= 0.6 is 24.0 Å². The molecule has 1 aliphatic rings. The van der Waals surface area contributed by atoms with Crippen molar-refractivity contribution in [3.63, 3.8) is 0 Å². The summed E-state index contributed by atoms with van der Waals surface area (Å²) < 4.78 is 0. The Morgan fingerprint density at radius 2 is 2.12 bits per heavy atom. The van der Waals surface area contributed by atoms with E-state index in [0.29, 0.717) is 5.92 Å². The smallest absolute Gasteiger partial charge is 0.0408 e. The summed E-state index contributed by atoms with van der Waals surface area (Å²) in [5.74, 6) is 1.42. The van der Waals surface area contributed by atoms with E-state index >= 15 is 0 Å². The van der Waals surface area contributed by atoms with Crippen LogP contribution in [0.25, 0.3) is 0 Å². The number of hydrogen-bond donors (Lipinski definition) is 1. The molecule has 1 aromatic carbocycles. The zero-order chi connectivity index (χ0) is 10.8. The Bertz CT molecular complexity index is 352. The molecule has 1 fully saturated rings. The van der Waals surface area contributed by atoms with Crippen LogP contribution in [-0.2, 0) is 0 Å². The Morgan fingerprint density at radius 3 is 2.75 bits per heavy atom. The van der Waals surface area contributed by atoms with Crippen LogP contribution in [0.1, 0.15) is 30.4 Å². The van der Waals surface area contributed by atoms with Gasteiger partial charge in [0.1, 0.15) is 0 Å². The van der Waals surface area contributed by atoms with Crippen LogP contribution in [0.5, 0.6) is 0 Å². The molecule has 0 spiro atoms. The molecular weight excluding hydrogens is 241 g/mol. The molecule has 1 heterocycles. The topological polar surface area (TPSA) is 12.0 Å². The maximum absolute atomic E-state index is 5.98. The van der Waals surface area contributed by atoms with Crippen molar-refractivity contribution in [2.24, 2.45) is 5.92 Å². The monoisotopic (exact) mass is 259 g/mol. The maximum Gasteiger partial charge on any atom is 0.0408 e. The molecule has 0 unspecified atom stereocenters. The first-order valence-corrected chi connectivity index (χ1v) is 6.03. The number of nitrogens with one attached hydrogen (secondary N) is 1. The number of rotatable bonds is 1. The minimum absolute atomic E-state index is 0. The molecule has 1 saturated heterocycles. The molecular formula is C13H19Cl2N. The lowest BCUT2D eigenvalue weighted by Gasteiger charge is -2.31. The van der Waals surface area contributed by atoms with Crippen molar-refractivity contribution < 1.29 is 0 Å². The molecule has 16 heavy (non-hydrogen) atoms. The molecule has 1 aliphatic heterocycles. The Hall–Kier alpha value is -0.240. The number of aryl methyl sites for hydroxylation is 1. The predicted octanol–water partition coefficient (Wildman–Crippen LogP) is 3.78. The normalized spacial score (nSPS) is 24.9. The Labute approximate surface area is 109 Å². The fourth-order valence-corrected chi connectivity index (χ4v) is 2.76. The zero-order valence-corrected chi connectivity index (χ0v) is 11.4. The highest BCUT2D eigenvalue weighted by molar-refractivity contribution is 6.30. The standard InChI is InChI=1S/C13H18ClN.ClH/c1-9-7-11(14)3-4-12(9)13-5-6-15-8-10(13)2;/h3-4,7,10,13,15H,5-6,8H2,1-2H3;1H/t10-,13+;/m0./s1. The summed E-state index contributed by atoms with van der Waals surface area (Å²) in [6.07, 6.45) is 1.24. The molecule has 1 nitrogen and oxygen atoms in total. The van der Waals surface area contributed by atoms with Gasteiger partial charge in [0, 0.05) is 5.02 Å². The third-order valence-electron chi connectivity index (χ3n) is 3.42. The highest BCUT2D eigenvalue weighted by Gasteiger charge is 2.23. The van der Waals surface area contributed by atoms with E-state index in [0.717, 1.165) is 24.0 Å². The number of halogens is 2. The van der Waals surface area contributed by atoms with Crippen LogP contribution in [-0.4, -0.2) is 13.1 Å². The summed E-state index contributed by atoms with van der Waals surface area (Å²) in [7, 11) is 0. The zero-order valence-electron chi connectivity index (χ0n) is 9.79. The molecule has 0 amide bonds. The Kier molecular flexibility index (Phi) is 5.10. The molecule has 1 N–H and O–H groups in total. The second-order valence-corrected chi connectivity index (χ2v) is 5.01. The van der Waals surface area contributed by atoms with E-state index in [1.54, 1.807) is 0 Å². The number of benzene rings is 1. The average Bonchev–Trinajstić information content (AvgIpc) is 2.20. The summed E-state index contributed by atoms with van der Waals surface area (Å²) in [4.78, 5) is 0. The molecule has 0 radical (unpaired) electrons. The molecule has 0 bridgehead atoms. The second kappa shape index (κ2) is 5.90. The minimum atomic E-state index is 0. The van der Waals surface area contributed by atoms with Crippen molar-refractivity contribution in [1.29, 1.82) is 0 Å². The summed E-state index contributed by atoms with van der Waals surface area (Å²) >= 11 is 5.98. The first-order chi connectivity index (χ1) is 7.18. The number of hydrogen-bond acceptors (Lipinski definition) is 1. The van der Waals surface area contributed by atoms with E-state index < -0.39 is 0 Å². The first-order valence-electron chi connectivity index (χ1n) is 5.65. The lowest BCUT2D eigenvalue weighted by molar-refractivity contribution is 0.348. The van der Waals surface area contributed by atoms with E-state index in [-0.39, 0.29) is 12.4 Å². The molecule has 1 aromatic rings. The van der Waals surface area contributed by atoms with E-state index in [4.69, 9.17) is 11.6 Å². The van der Waals surface area contributed by atoms with Gasteiger partial charge in [0.25, 0.3) is 0 Å². The van der Waals surface area contributed by atoms with Crippen molar-refractivity contribution in [1.82, 2.24) is 5.32 Å². The summed E-state index contributed by atoms with van der Waals surface area (Å²) in [5, 5.41) is 4.28. The van der Waals surface area contributed by atoms with Crippen LogP contribution in [0.2, 0.25) is 5.02 Å². The molecule has 2 rings (SSSR count). The van der Waals surface area contributed by atoms with Crippen LogP contribution < -0.4 is 5.32 Å². The molecule has 90 valence electrons. The first kappa shape index (κ1) is 13.8. The van der Waals surface area contributed by atoms with Gasteiger partial charge in [-0.1, -0.05) is 24.6 Å². The fourth-order valence-electron chi connectivity index (χ4n) is 2.53. The molecule has 3 heteroatoms. The highest BCUT2D eigenvalue weighted by Crippen LogP contribution is 2.32. The maximum atomic E-state index is 5.98. The van der Waals surface area contributed by atoms with E-state index in [2.05, 4.69) is 31.3 Å². The van der Waals surface area contributed by atoms with Gasteiger partial charge in [0.05, 0.1) is 0 Å². The number of piperidine rings is 1. The van der Waals surface area contributed by atoms with Crippen LogP contribution in [0.4, 0.5) is 0 Å². The van der Waals surface area contributed by atoms with Crippen LogP contribution in [0.3, 0.4) is 0 Å². The fraction of sp³-hybridized carbons (Fsp3) is 0.538. The van der Waals surface area contributed by atoms with Crippen molar-refractivity contribution in [2.45, 2.75) is 26.2 Å². The van der Waals surface area contributed by atoms with E-state index in [1.807, 2.05) is 6.07 Å². The van der Waals surface area contributed by atoms with Gasteiger partial charge in [-0.25, -0.2) is 0 Å². The molecule has 0 saturated carbocycles. The Morgan fingerprint density at radius 1 is 1.38 bits per heavy atom.